The average Bonchev–Trinajstić information content (AvgIpc) is 2.62. The number of nitrogens with zero attached hydrogens (tertiary/aromatic N) is 2. The molecule has 0 aliphatic heterocycles. The molecule has 2 aromatic heterocycles. The predicted molar refractivity (Wildman–Crippen MR) is 70.5 cm³/mol. The van der Waals surface area contributed by atoms with Gasteiger partial charge in [0.25, 0.3) is 0 Å². The molecule has 0 bridgehead atoms. The highest BCUT2D eigenvalue weighted by Crippen LogP contribution is 2.15. The van der Waals surface area contributed by atoms with Gasteiger partial charge >= 0.3 is 0 Å². The maximum atomic E-state index is 5.29. The fourth-order valence-electron chi connectivity index (χ4n) is 1.38. The molecule has 0 saturated heterocycles. The summed E-state index contributed by atoms with van der Waals surface area (Å²) in [5.41, 5.74) is 1.12. The maximum absolute atomic E-state index is 5.29. The Hall–Kier alpha value is -0.940. The van der Waals surface area contributed by atoms with Gasteiger partial charge in [-0.15, -0.1) is 0 Å². The summed E-state index contributed by atoms with van der Waals surface area (Å²) in [6, 6.07) is 5.84. The molecule has 3 nitrogen and oxygen atoms in total. The topological polar surface area (TPSA) is 33.6 Å². The van der Waals surface area contributed by atoms with Crippen molar-refractivity contribution in [2.75, 3.05) is 0 Å². The Labute approximate surface area is 108 Å². The number of hydrogen-bond acceptors (Lipinski definition) is 2. The van der Waals surface area contributed by atoms with E-state index in [1.165, 1.54) is 0 Å². The maximum Gasteiger partial charge on any atom is 0.152 e. The lowest BCUT2D eigenvalue weighted by atomic mass is 10.1. The minimum absolute atomic E-state index is 0.429. The summed E-state index contributed by atoms with van der Waals surface area (Å²) in [7, 11) is 0. The fourth-order valence-corrected chi connectivity index (χ4v) is 1.88. The van der Waals surface area contributed by atoms with E-state index in [-0.39, 0.29) is 0 Å². The molecule has 2 aromatic rings. The van der Waals surface area contributed by atoms with E-state index in [9.17, 15) is 0 Å². The van der Waals surface area contributed by atoms with Crippen LogP contribution in [0, 0.1) is 4.64 Å². The molecule has 2 rings (SSSR count). The Bertz CT molecular complexity index is 539. The molecular formula is C11H12BrN3S. The van der Waals surface area contributed by atoms with E-state index in [4.69, 9.17) is 12.2 Å². The van der Waals surface area contributed by atoms with Crippen LogP contribution in [0.2, 0.25) is 0 Å². The largest absolute Gasteiger partial charge is 0.295 e. The minimum atomic E-state index is 0.429. The zero-order valence-electron chi connectivity index (χ0n) is 9.07. The van der Waals surface area contributed by atoms with E-state index < -0.39 is 0 Å². The van der Waals surface area contributed by atoms with Crippen LogP contribution < -0.4 is 0 Å². The number of aromatic amines is 1. The van der Waals surface area contributed by atoms with Crippen LogP contribution in [-0.2, 0) is 0 Å². The lowest BCUT2D eigenvalue weighted by molar-refractivity contribution is 0.754. The first-order chi connectivity index (χ1) is 7.58. The van der Waals surface area contributed by atoms with Crippen LogP contribution in [0.1, 0.15) is 25.5 Å². The molecule has 0 atom stereocenters. The normalized spacial score (nSPS) is 11.0. The van der Waals surface area contributed by atoms with Crippen molar-refractivity contribution in [3.8, 4) is 5.82 Å². The standard InChI is InChI=1S/C11H12BrN3S/c1-7(2)9-5-11(16)15(14-9)10-4-3-8(12)6-13-10/h3-7,14H,1-2H3. The molecule has 5 heteroatoms. The molecule has 0 aliphatic carbocycles. The van der Waals surface area contributed by atoms with Crippen molar-refractivity contribution in [3.63, 3.8) is 0 Å². The van der Waals surface area contributed by atoms with E-state index in [1.807, 2.05) is 22.9 Å². The molecule has 1 N–H and O–H groups in total. The first kappa shape index (κ1) is 11.5. The lowest BCUT2D eigenvalue weighted by Gasteiger charge is -2.03. The number of halogens is 1. The Morgan fingerprint density at radius 2 is 2.19 bits per heavy atom. The second-order valence-electron chi connectivity index (χ2n) is 3.87. The molecule has 0 aliphatic rings. The van der Waals surface area contributed by atoms with Gasteiger partial charge in [0.15, 0.2) is 5.82 Å². The molecule has 84 valence electrons. The average molecular weight is 298 g/mol. The van der Waals surface area contributed by atoms with Crippen LogP contribution in [0.25, 0.3) is 5.82 Å². The smallest absolute Gasteiger partial charge is 0.152 e. The molecule has 0 unspecified atom stereocenters. The molecule has 0 saturated carbocycles. The summed E-state index contributed by atoms with van der Waals surface area (Å²) in [5.74, 6) is 1.23. The van der Waals surface area contributed by atoms with Crippen molar-refractivity contribution in [3.05, 3.63) is 39.2 Å². The summed E-state index contributed by atoms with van der Waals surface area (Å²) < 4.78 is 3.52. The summed E-state index contributed by atoms with van der Waals surface area (Å²) in [4.78, 5) is 4.30. The third-order valence-corrected chi connectivity index (χ3v) is 3.07. The highest BCUT2D eigenvalue weighted by atomic mass is 79.9. The van der Waals surface area contributed by atoms with Crippen LogP contribution >= 0.6 is 28.1 Å². The van der Waals surface area contributed by atoms with Gasteiger partial charge in [-0.2, -0.15) is 0 Å². The first-order valence-corrected chi connectivity index (χ1v) is 6.22. The monoisotopic (exact) mass is 297 g/mol. The third kappa shape index (κ3) is 2.25. The van der Waals surface area contributed by atoms with Crippen molar-refractivity contribution >= 4 is 28.1 Å². The minimum Gasteiger partial charge on any atom is -0.295 e. The van der Waals surface area contributed by atoms with Gasteiger partial charge in [0.05, 0.1) is 0 Å². The Morgan fingerprint density at radius 3 is 2.69 bits per heavy atom. The van der Waals surface area contributed by atoms with Crippen LogP contribution in [0.3, 0.4) is 0 Å². The molecule has 16 heavy (non-hydrogen) atoms. The summed E-state index contributed by atoms with van der Waals surface area (Å²) in [6.07, 6.45) is 1.76. The van der Waals surface area contributed by atoms with Gasteiger partial charge in [0.2, 0.25) is 0 Å². The van der Waals surface area contributed by atoms with Gasteiger partial charge in [-0.25, -0.2) is 9.67 Å². The van der Waals surface area contributed by atoms with Gasteiger partial charge in [0, 0.05) is 16.4 Å². The number of rotatable bonds is 2. The number of pyridine rings is 1. The Kier molecular flexibility index (Phi) is 3.25. The van der Waals surface area contributed by atoms with Gasteiger partial charge in [0.1, 0.15) is 4.64 Å². The third-order valence-electron chi connectivity index (χ3n) is 2.30. The van der Waals surface area contributed by atoms with E-state index in [1.54, 1.807) is 6.20 Å². The van der Waals surface area contributed by atoms with Crippen molar-refractivity contribution < 1.29 is 0 Å². The van der Waals surface area contributed by atoms with E-state index in [0.717, 1.165) is 20.6 Å². The lowest BCUT2D eigenvalue weighted by Crippen LogP contribution is -2.00. The van der Waals surface area contributed by atoms with Crippen LogP contribution in [0.4, 0.5) is 0 Å². The molecule has 2 heterocycles. The molecule has 0 amide bonds. The first-order valence-electron chi connectivity index (χ1n) is 5.02. The van der Waals surface area contributed by atoms with E-state index >= 15 is 0 Å². The van der Waals surface area contributed by atoms with Crippen molar-refractivity contribution in [1.82, 2.24) is 14.8 Å². The SMILES string of the molecule is CC(C)c1cc(=S)n(-c2ccc(Br)cn2)[nH]1. The molecule has 0 spiro atoms. The second-order valence-corrected chi connectivity index (χ2v) is 5.21. The highest BCUT2D eigenvalue weighted by molar-refractivity contribution is 9.10. The molecular weight excluding hydrogens is 286 g/mol. The molecule has 0 aromatic carbocycles. The number of nitrogens with one attached hydrogen (secondary N) is 1. The summed E-state index contributed by atoms with van der Waals surface area (Å²) in [6.45, 7) is 4.25. The van der Waals surface area contributed by atoms with E-state index in [0.29, 0.717) is 5.92 Å². The molecule has 0 radical (unpaired) electrons. The zero-order valence-corrected chi connectivity index (χ0v) is 11.5. The quantitative estimate of drug-likeness (QED) is 0.855. The predicted octanol–water partition coefficient (Wildman–Crippen LogP) is 3.82. The zero-order chi connectivity index (χ0) is 11.7. The van der Waals surface area contributed by atoms with Crippen LogP contribution in [0.5, 0.6) is 0 Å². The highest BCUT2D eigenvalue weighted by Gasteiger charge is 2.06. The van der Waals surface area contributed by atoms with Crippen LogP contribution in [0.15, 0.2) is 28.9 Å². The van der Waals surface area contributed by atoms with Crippen molar-refractivity contribution in [2.45, 2.75) is 19.8 Å². The van der Waals surface area contributed by atoms with Crippen LogP contribution in [-0.4, -0.2) is 14.8 Å². The van der Waals surface area contributed by atoms with Crippen molar-refractivity contribution in [1.29, 1.82) is 0 Å². The number of hydrogen-bond donors (Lipinski definition) is 1. The van der Waals surface area contributed by atoms with Gasteiger partial charge in [-0.05, 0) is 40.0 Å². The fraction of sp³-hybridized carbons (Fsp3) is 0.273. The second kappa shape index (κ2) is 4.51. The van der Waals surface area contributed by atoms with Crippen molar-refractivity contribution in [2.24, 2.45) is 0 Å². The van der Waals surface area contributed by atoms with E-state index in [2.05, 4.69) is 39.9 Å². The van der Waals surface area contributed by atoms with Gasteiger partial charge < -0.3 is 0 Å². The Balaban J connectivity index is 2.48. The van der Waals surface area contributed by atoms with Gasteiger partial charge in [-0.3, -0.25) is 5.10 Å². The van der Waals surface area contributed by atoms with Gasteiger partial charge in [-0.1, -0.05) is 26.1 Å². The number of aromatic nitrogens is 3. The molecule has 0 fully saturated rings. The summed E-state index contributed by atoms with van der Waals surface area (Å²) in [5, 5.41) is 3.25. The summed E-state index contributed by atoms with van der Waals surface area (Å²) >= 11 is 8.64. The number of H-pyrrole nitrogens is 1. The Morgan fingerprint density at radius 1 is 1.44 bits per heavy atom.